The number of benzene rings is 1. The smallest absolute Gasteiger partial charge is 0.337 e. The van der Waals surface area contributed by atoms with Crippen LogP contribution in [0.3, 0.4) is 0 Å². The second kappa shape index (κ2) is 9.28. The Morgan fingerprint density at radius 1 is 1.35 bits per heavy atom. The molecule has 0 aliphatic heterocycles. The van der Waals surface area contributed by atoms with Crippen LogP contribution in [0.25, 0.3) is 0 Å². The average molecular weight is 305 g/mol. The van der Waals surface area contributed by atoms with E-state index in [9.17, 15) is 14.0 Å². The Hall–Kier alpha value is -1.66. The molecule has 2 N–H and O–H groups in total. The van der Waals surface area contributed by atoms with Crippen LogP contribution in [0.5, 0.6) is 0 Å². The van der Waals surface area contributed by atoms with E-state index in [4.69, 9.17) is 0 Å². The van der Waals surface area contributed by atoms with Crippen LogP contribution >= 0.6 is 12.4 Å². The first-order chi connectivity index (χ1) is 9.08. The lowest BCUT2D eigenvalue weighted by molar-refractivity contribution is -0.116. The number of amides is 1. The molecule has 7 heteroatoms. The third-order valence-electron chi connectivity index (χ3n) is 2.49. The molecule has 0 unspecified atom stereocenters. The van der Waals surface area contributed by atoms with Crippen molar-refractivity contribution in [3.8, 4) is 0 Å². The Balaban J connectivity index is 0.00000361. The average Bonchev–Trinajstić information content (AvgIpc) is 2.40. The SMILES string of the molecule is CNCCCC(=O)Nc1cc(C(=O)OC)ccc1F.Cl. The number of halogens is 2. The van der Waals surface area contributed by atoms with Crippen LogP contribution in [0.4, 0.5) is 10.1 Å². The molecule has 0 atom stereocenters. The molecule has 0 aliphatic carbocycles. The van der Waals surface area contributed by atoms with Gasteiger partial charge in [0.05, 0.1) is 18.4 Å². The number of ether oxygens (including phenoxy) is 1. The summed E-state index contributed by atoms with van der Waals surface area (Å²) in [6.45, 7) is 0.706. The van der Waals surface area contributed by atoms with Gasteiger partial charge in [-0.05, 0) is 38.2 Å². The molecule has 1 aromatic rings. The number of esters is 1. The highest BCUT2D eigenvalue weighted by Crippen LogP contribution is 2.17. The first-order valence-corrected chi connectivity index (χ1v) is 5.90. The van der Waals surface area contributed by atoms with Crippen LogP contribution in [0, 0.1) is 5.82 Å². The number of anilines is 1. The van der Waals surface area contributed by atoms with Gasteiger partial charge in [0, 0.05) is 6.42 Å². The number of carbonyl (C=O) groups excluding carboxylic acids is 2. The van der Waals surface area contributed by atoms with E-state index in [1.165, 1.54) is 19.2 Å². The minimum atomic E-state index is -0.588. The molecule has 1 amide bonds. The summed E-state index contributed by atoms with van der Waals surface area (Å²) < 4.78 is 18.0. The molecule has 5 nitrogen and oxygen atoms in total. The molecule has 112 valence electrons. The molecule has 1 aromatic carbocycles. The van der Waals surface area contributed by atoms with Gasteiger partial charge in [0.2, 0.25) is 5.91 Å². The summed E-state index contributed by atoms with van der Waals surface area (Å²) in [7, 11) is 3.03. The summed E-state index contributed by atoms with van der Waals surface area (Å²) in [4.78, 5) is 22.9. The summed E-state index contributed by atoms with van der Waals surface area (Å²) in [6, 6.07) is 3.68. The Labute approximate surface area is 123 Å². The highest BCUT2D eigenvalue weighted by atomic mass is 35.5. The molecule has 20 heavy (non-hydrogen) atoms. The van der Waals surface area contributed by atoms with Crippen molar-refractivity contribution in [1.29, 1.82) is 0 Å². The van der Waals surface area contributed by atoms with Gasteiger partial charge in [-0.15, -0.1) is 12.4 Å². The monoisotopic (exact) mass is 304 g/mol. The molecule has 0 saturated heterocycles. The summed E-state index contributed by atoms with van der Waals surface area (Å²) in [5.41, 5.74) is 0.173. The Morgan fingerprint density at radius 2 is 2.05 bits per heavy atom. The van der Waals surface area contributed by atoms with E-state index < -0.39 is 11.8 Å². The van der Waals surface area contributed by atoms with Gasteiger partial charge in [-0.2, -0.15) is 0 Å². The van der Waals surface area contributed by atoms with Crippen molar-refractivity contribution in [3.63, 3.8) is 0 Å². The Morgan fingerprint density at radius 3 is 2.65 bits per heavy atom. The van der Waals surface area contributed by atoms with Crippen molar-refractivity contribution in [2.75, 3.05) is 26.0 Å². The summed E-state index contributed by atoms with van der Waals surface area (Å²) in [5.74, 6) is -1.46. The molecule has 0 spiro atoms. The normalized spacial score (nSPS) is 9.55. The van der Waals surface area contributed by atoms with E-state index in [0.717, 1.165) is 6.07 Å². The maximum absolute atomic E-state index is 13.5. The number of hydrogen-bond donors (Lipinski definition) is 2. The fraction of sp³-hybridized carbons (Fsp3) is 0.385. The predicted octanol–water partition coefficient (Wildman–Crippen LogP) is 1.97. The zero-order valence-corrected chi connectivity index (χ0v) is 12.2. The molecule has 0 bridgehead atoms. The Kier molecular flexibility index (Phi) is 8.51. The standard InChI is InChI=1S/C13H17FN2O3.ClH/c1-15-7-3-4-12(17)16-11-8-9(13(18)19-2)5-6-10(11)14;/h5-6,8,15H,3-4,7H2,1-2H3,(H,16,17);1H. The number of carbonyl (C=O) groups is 2. The minimum Gasteiger partial charge on any atom is -0.465 e. The molecule has 0 fully saturated rings. The highest BCUT2D eigenvalue weighted by Gasteiger charge is 2.11. The molecule has 1 rings (SSSR count). The van der Waals surface area contributed by atoms with Crippen molar-refractivity contribution in [1.82, 2.24) is 5.32 Å². The predicted molar refractivity (Wildman–Crippen MR) is 76.8 cm³/mol. The second-order valence-electron chi connectivity index (χ2n) is 3.94. The van der Waals surface area contributed by atoms with Gasteiger partial charge in [0.15, 0.2) is 0 Å². The van der Waals surface area contributed by atoms with Crippen molar-refractivity contribution in [2.24, 2.45) is 0 Å². The van der Waals surface area contributed by atoms with Gasteiger partial charge in [-0.25, -0.2) is 9.18 Å². The number of nitrogens with one attached hydrogen (secondary N) is 2. The van der Waals surface area contributed by atoms with Crippen molar-refractivity contribution < 1.29 is 18.7 Å². The lowest BCUT2D eigenvalue weighted by Crippen LogP contribution is -2.16. The van der Waals surface area contributed by atoms with Crippen LogP contribution < -0.4 is 10.6 Å². The Bertz CT molecular complexity index is 469. The third kappa shape index (κ3) is 5.54. The van der Waals surface area contributed by atoms with E-state index in [0.29, 0.717) is 13.0 Å². The topological polar surface area (TPSA) is 67.4 Å². The third-order valence-corrected chi connectivity index (χ3v) is 2.49. The maximum Gasteiger partial charge on any atom is 0.337 e. The van der Waals surface area contributed by atoms with Crippen LogP contribution in [0.15, 0.2) is 18.2 Å². The van der Waals surface area contributed by atoms with Gasteiger partial charge in [0.25, 0.3) is 0 Å². The maximum atomic E-state index is 13.5. The van der Waals surface area contributed by atoms with Crippen LogP contribution in [-0.4, -0.2) is 32.6 Å². The number of methoxy groups -OCH3 is 1. The van der Waals surface area contributed by atoms with Crippen molar-refractivity contribution >= 4 is 30.0 Å². The number of hydrogen-bond acceptors (Lipinski definition) is 4. The first kappa shape index (κ1) is 18.3. The fourth-order valence-corrected chi connectivity index (χ4v) is 1.50. The van der Waals surface area contributed by atoms with E-state index in [1.54, 1.807) is 7.05 Å². The second-order valence-corrected chi connectivity index (χ2v) is 3.94. The lowest BCUT2D eigenvalue weighted by Gasteiger charge is -2.08. The van der Waals surface area contributed by atoms with E-state index in [1.807, 2.05) is 0 Å². The van der Waals surface area contributed by atoms with Gasteiger partial charge in [0.1, 0.15) is 5.82 Å². The molecule has 0 saturated carbocycles. The summed E-state index contributed by atoms with van der Waals surface area (Å²) in [5, 5.41) is 5.35. The van der Waals surface area contributed by atoms with Gasteiger partial charge < -0.3 is 15.4 Å². The van der Waals surface area contributed by atoms with Gasteiger partial charge in [-0.1, -0.05) is 0 Å². The minimum absolute atomic E-state index is 0. The van der Waals surface area contributed by atoms with Crippen LogP contribution in [0.2, 0.25) is 0 Å². The molecular weight excluding hydrogens is 287 g/mol. The lowest BCUT2D eigenvalue weighted by atomic mass is 10.2. The summed E-state index contributed by atoms with van der Waals surface area (Å²) >= 11 is 0. The van der Waals surface area contributed by atoms with E-state index in [2.05, 4.69) is 15.4 Å². The molecule has 0 aliphatic rings. The van der Waals surface area contributed by atoms with Crippen LogP contribution in [0.1, 0.15) is 23.2 Å². The van der Waals surface area contributed by atoms with Gasteiger partial charge >= 0.3 is 5.97 Å². The van der Waals surface area contributed by atoms with Crippen molar-refractivity contribution in [3.05, 3.63) is 29.6 Å². The fourth-order valence-electron chi connectivity index (χ4n) is 1.50. The molecule has 0 heterocycles. The van der Waals surface area contributed by atoms with E-state index >= 15 is 0 Å². The van der Waals surface area contributed by atoms with Crippen LogP contribution in [-0.2, 0) is 9.53 Å². The highest BCUT2D eigenvalue weighted by molar-refractivity contribution is 5.94. The molecule has 0 aromatic heterocycles. The zero-order chi connectivity index (χ0) is 14.3. The zero-order valence-electron chi connectivity index (χ0n) is 11.4. The number of rotatable bonds is 6. The molecule has 0 radical (unpaired) electrons. The molecular formula is C13H18ClFN2O3. The largest absolute Gasteiger partial charge is 0.465 e. The summed E-state index contributed by atoms with van der Waals surface area (Å²) in [6.07, 6.45) is 0.934. The quantitative estimate of drug-likeness (QED) is 0.623. The van der Waals surface area contributed by atoms with Crippen molar-refractivity contribution in [2.45, 2.75) is 12.8 Å². The van der Waals surface area contributed by atoms with Gasteiger partial charge in [-0.3, -0.25) is 4.79 Å². The van der Waals surface area contributed by atoms with E-state index in [-0.39, 0.29) is 36.0 Å². The first-order valence-electron chi connectivity index (χ1n) is 5.90.